The van der Waals surface area contributed by atoms with Crippen LogP contribution in [-0.2, 0) is 16.0 Å². The summed E-state index contributed by atoms with van der Waals surface area (Å²) in [4.78, 5) is 32.5. The van der Waals surface area contributed by atoms with Gasteiger partial charge in [0.15, 0.2) is 11.5 Å². The van der Waals surface area contributed by atoms with Gasteiger partial charge in [-0.3, -0.25) is 9.59 Å². The molecule has 0 bridgehead atoms. The smallest absolute Gasteiger partial charge is 0.254 e. The molecule has 0 aliphatic carbocycles. The maximum atomic E-state index is 14.0. The minimum Gasteiger partial charge on any atom is -0.491 e. The molecule has 40 heavy (non-hydrogen) atoms. The molecule has 1 fully saturated rings. The normalized spacial score (nSPS) is 19.4. The van der Waals surface area contributed by atoms with E-state index in [1.807, 2.05) is 24.0 Å². The summed E-state index contributed by atoms with van der Waals surface area (Å²) in [5.74, 6) is 1.65. The van der Waals surface area contributed by atoms with Crippen molar-refractivity contribution < 1.29 is 28.5 Å². The summed E-state index contributed by atoms with van der Waals surface area (Å²) in [6, 6.07) is 13.1. The van der Waals surface area contributed by atoms with Crippen LogP contribution in [0.5, 0.6) is 17.2 Å². The average Bonchev–Trinajstić information content (AvgIpc) is 3.73. The molecule has 0 unspecified atom stereocenters. The lowest BCUT2D eigenvalue weighted by atomic mass is 10.00. The van der Waals surface area contributed by atoms with Crippen LogP contribution in [0.3, 0.4) is 0 Å². The maximum Gasteiger partial charge on any atom is 0.254 e. The van der Waals surface area contributed by atoms with E-state index >= 15 is 0 Å². The van der Waals surface area contributed by atoms with E-state index in [9.17, 15) is 9.59 Å². The summed E-state index contributed by atoms with van der Waals surface area (Å²) in [6.45, 7) is 6.16. The van der Waals surface area contributed by atoms with E-state index in [0.717, 1.165) is 36.1 Å². The predicted molar refractivity (Wildman–Crippen MR) is 151 cm³/mol. The molecule has 4 heterocycles. The number of aryl methyl sites for hydroxylation is 2. The number of hydrogen-bond acceptors (Lipinski definition) is 7. The van der Waals surface area contributed by atoms with Gasteiger partial charge in [-0.1, -0.05) is 17.7 Å². The molecule has 0 radical (unpaired) electrons. The van der Waals surface area contributed by atoms with E-state index in [4.69, 9.17) is 18.9 Å². The SMILES string of the molecule is Cc1ccc(OC[C@@H]2c3ccsc3CCN2C(=O)CN(C[C@@H]2CCCO2)C(=O)c2ccc3c(c2)OCO3)c(C)c1. The lowest BCUT2D eigenvalue weighted by Crippen LogP contribution is -2.49. The van der Waals surface area contributed by atoms with E-state index in [0.29, 0.717) is 43.4 Å². The maximum absolute atomic E-state index is 14.0. The number of nitrogens with zero attached hydrogens (tertiary/aromatic N) is 2. The number of carbonyl (C=O) groups excluding carboxylic acids is 2. The molecule has 8 nitrogen and oxygen atoms in total. The van der Waals surface area contributed by atoms with Crippen molar-refractivity contribution in [2.45, 2.75) is 45.3 Å². The van der Waals surface area contributed by atoms with Crippen LogP contribution in [0.4, 0.5) is 0 Å². The third-order valence-corrected chi connectivity index (χ3v) is 8.82. The van der Waals surface area contributed by atoms with Crippen LogP contribution in [0.1, 0.15) is 50.8 Å². The lowest BCUT2D eigenvalue weighted by molar-refractivity contribution is -0.135. The molecule has 2 amide bonds. The van der Waals surface area contributed by atoms with Gasteiger partial charge in [-0.05, 0) is 79.9 Å². The molecule has 2 atom stereocenters. The summed E-state index contributed by atoms with van der Waals surface area (Å²) in [7, 11) is 0. The molecule has 6 rings (SSSR count). The number of fused-ring (bicyclic) bond motifs is 2. The number of carbonyl (C=O) groups is 2. The number of benzene rings is 2. The Balaban J connectivity index is 1.22. The Morgan fingerprint density at radius 1 is 1.10 bits per heavy atom. The van der Waals surface area contributed by atoms with Crippen LogP contribution in [0.25, 0.3) is 0 Å². The molecular weight excluding hydrogens is 528 g/mol. The summed E-state index contributed by atoms with van der Waals surface area (Å²) in [5, 5.41) is 2.08. The summed E-state index contributed by atoms with van der Waals surface area (Å²) < 4.78 is 23.0. The molecule has 9 heteroatoms. The minimum absolute atomic E-state index is 0.0351. The molecule has 0 spiro atoms. The molecule has 3 aromatic rings. The first-order valence-corrected chi connectivity index (χ1v) is 14.7. The standard InChI is InChI=1S/C31H34N2O6S/c1-20-5-7-26(21(2)14-20)37-18-25-24-10-13-40-29(24)9-11-33(25)30(34)17-32(16-23-4-3-12-36-23)31(35)22-6-8-27-28(15-22)39-19-38-27/h5-8,10,13-15,23,25H,3-4,9,11-12,16-19H2,1-2H3/t23-,25+/m0/s1. The van der Waals surface area contributed by atoms with Gasteiger partial charge in [0.2, 0.25) is 12.7 Å². The second kappa shape index (κ2) is 11.5. The molecule has 0 N–H and O–H groups in total. The Labute approximate surface area is 238 Å². The van der Waals surface area contributed by atoms with Crippen LogP contribution in [-0.4, -0.2) is 67.4 Å². The van der Waals surface area contributed by atoms with Crippen molar-refractivity contribution >= 4 is 23.2 Å². The fourth-order valence-electron chi connectivity index (χ4n) is 5.72. The highest BCUT2D eigenvalue weighted by atomic mass is 32.1. The van der Waals surface area contributed by atoms with Crippen molar-refractivity contribution in [3.05, 3.63) is 75.0 Å². The van der Waals surface area contributed by atoms with Crippen molar-refractivity contribution in [3.8, 4) is 17.2 Å². The van der Waals surface area contributed by atoms with Crippen molar-refractivity contribution in [2.75, 3.05) is 39.6 Å². The largest absolute Gasteiger partial charge is 0.491 e. The molecule has 0 saturated carbocycles. The Bertz CT molecular complexity index is 1400. The first-order chi connectivity index (χ1) is 19.5. The first-order valence-electron chi connectivity index (χ1n) is 13.8. The van der Waals surface area contributed by atoms with Gasteiger partial charge in [0.05, 0.1) is 12.1 Å². The van der Waals surface area contributed by atoms with Crippen molar-refractivity contribution in [2.24, 2.45) is 0 Å². The molecule has 3 aliphatic heterocycles. The van der Waals surface area contributed by atoms with Crippen LogP contribution in [0, 0.1) is 13.8 Å². The van der Waals surface area contributed by atoms with E-state index in [2.05, 4.69) is 24.4 Å². The highest BCUT2D eigenvalue weighted by Crippen LogP contribution is 2.35. The van der Waals surface area contributed by atoms with Gasteiger partial charge < -0.3 is 28.7 Å². The zero-order chi connectivity index (χ0) is 27.6. The van der Waals surface area contributed by atoms with Crippen molar-refractivity contribution in [3.63, 3.8) is 0 Å². The van der Waals surface area contributed by atoms with Gasteiger partial charge in [-0.2, -0.15) is 0 Å². The van der Waals surface area contributed by atoms with Crippen LogP contribution >= 0.6 is 11.3 Å². The average molecular weight is 563 g/mol. The zero-order valence-electron chi connectivity index (χ0n) is 22.9. The second-order valence-electron chi connectivity index (χ2n) is 10.6. The highest BCUT2D eigenvalue weighted by Gasteiger charge is 2.35. The van der Waals surface area contributed by atoms with Gasteiger partial charge in [-0.15, -0.1) is 11.3 Å². The Hall–Kier alpha value is -3.56. The molecule has 2 aromatic carbocycles. The van der Waals surface area contributed by atoms with Gasteiger partial charge in [0.25, 0.3) is 5.91 Å². The molecule has 1 saturated heterocycles. The molecule has 3 aliphatic rings. The number of rotatable bonds is 8. The number of amides is 2. The quantitative estimate of drug-likeness (QED) is 0.388. The highest BCUT2D eigenvalue weighted by molar-refractivity contribution is 7.10. The lowest BCUT2D eigenvalue weighted by Gasteiger charge is -2.37. The monoisotopic (exact) mass is 562 g/mol. The van der Waals surface area contributed by atoms with E-state index in [-0.39, 0.29) is 37.3 Å². The third kappa shape index (κ3) is 5.53. The summed E-state index contributed by atoms with van der Waals surface area (Å²) >= 11 is 1.72. The van der Waals surface area contributed by atoms with Crippen LogP contribution < -0.4 is 14.2 Å². The molecular formula is C31H34N2O6S. The fourth-order valence-corrected chi connectivity index (χ4v) is 6.65. The third-order valence-electron chi connectivity index (χ3n) is 7.82. The van der Waals surface area contributed by atoms with E-state index in [1.54, 1.807) is 34.4 Å². The first kappa shape index (κ1) is 26.7. The topological polar surface area (TPSA) is 77.5 Å². The van der Waals surface area contributed by atoms with E-state index in [1.165, 1.54) is 10.4 Å². The van der Waals surface area contributed by atoms with Gasteiger partial charge in [0, 0.05) is 30.1 Å². The molecule has 210 valence electrons. The Kier molecular flexibility index (Phi) is 7.67. The number of ether oxygens (including phenoxy) is 4. The van der Waals surface area contributed by atoms with Crippen LogP contribution in [0.15, 0.2) is 47.8 Å². The van der Waals surface area contributed by atoms with Crippen molar-refractivity contribution in [1.29, 1.82) is 0 Å². The van der Waals surface area contributed by atoms with Crippen LogP contribution in [0.2, 0.25) is 0 Å². The number of hydrogen-bond donors (Lipinski definition) is 0. The summed E-state index contributed by atoms with van der Waals surface area (Å²) in [6.07, 6.45) is 2.53. The number of thiophene rings is 1. The van der Waals surface area contributed by atoms with Gasteiger partial charge in [0.1, 0.15) is 18.9 Å². The summed E-state index contributed by atoms with van der Waals surface area (Å²) in [5.41, 5.74) is 3.83. The second-order valence-corrected chi connectivity index (χ2v) is 11.6. The Morgan fingerprint density at radius 3 is 2.80 bits per heavy atom. The van der Waals surface area contributed by atoms with Gasteiger partial charge >= 0.3 is 0 Å². The minimum atomic E-state index is -0.228. The Morgan fingerprint density at radius 2 is 1.98 bits per heavy atom. The molecule has 1 aromatic heterocycles. The fraction of sp³-hybridized carbons (Fsp3) is 0.419. The van der Waals surface area contributed by atoms with E-state index < -0.39 is 0 Å². The van der Waals surface area contributed by atoms with Gasteiger partial charge in [-0.25, -0.2) is 0 Å². The predicted octanol–water partition coefficient (Wildman–Crippen LogP) is 4.92. The zero-order valence-corrected chi connectivity index (χ0v) is 23.7. The van der Waals surface area contributed by atoms with Crippen molar-refractivity contribution in [1.82, 2.24) is 9.80 Å².